The summed E-state index contributed by atoms with van der Waals surface area (Å²) in [6.07, 6.45) is 2.81. The van der Waals surface area contributed by atoms with Gasteiger partial charge in [0, 0.05) is 19.6 Å². The van der Waals surface area contributed by atoms with E-state index in [4.69, 9.17) is 5.73 Å². The Bertz CT molecular complexity index is 878. The molecule has 1 aliphatic heterocycles. The first-order chi connectivity index (χ1) is 13.0. The zero-order valence-electron chi connectivity index (χ0n) is 15.2. The molecule has 1 aliphatic rings. The fourth-order valence-corrected chi connectivity index (χ4v) is 4.99. The number of piperidine rings is 1. The summed E-state index contributed by atoms with van der Waals surface area (Å²) in [5.41, 5.74) is 7.28. The lowest BCUT2D eigenvalue weighted by molar-refractivity contribution is -0.122. The lowest BCUT2D eigenvalue weighted by Gasteiger charge is -2.27. The number of carbonyl (C=O) groups excluding carboxylic acids is 1. The van der Waals surface area contributed by atoms with Crippen molar-refractivity contribution in [1.82, 2.24) is 9.62 Å². The van der Waals surface area contributed by atoms with Gasteiger partial charge in [0.15, 0.2) is 0 Å². The van der Waals surface area contributed by atoms with Gasteiger partial charge in [0.05, 0.1) is 4.90 Å². The second kappa shape index (κ2) is 8.65. The van der Waals surface area contributed by atoms with E-state index >= 15 is 0 Å². The lowest BCUT2D eigenvalue weighted by Crippen LogP contribution is -2.37. The molecule has 0 saturated carbocycles. The van der Waals surface area contributed by atoms with Crippen LogP contribution in [-0.4, -0.2) is 31.7 Å². The Kier molecular flexibility index (Phi) is 6.26. The second-order valence-electron chi connectivity index (χ2n) is 6.68. The van der Waals surface area contributed by atoms with Crippen molar-refractivity contribution < 1.29 is 13.2 Å². The van der Waals surface area contributed by atoms with E-state index in [1.165, 1.54) is 4.31 Å². The number of hydrogen-bond acceptors (Lipinski definition) is 4. The molecular formula is C20H25N3O3S. The van der Waals surface area contributed by atoms with Crippen LogP contribution in [0.2, 0.25) is 0 Å². The monoisotopic (exact) mass is 387 g/mol. The Hall–Kier alpha value is -2.22. The molecule has 2 aromatic carbocycles. The molecule has 1 unspecified atom stereocenters. The van der Waals surface area contributed by atoms with Crippen molar-refractivity contribution in [2.24, 2.45) is 5.73 Å². The highest BCUT2D eigenvalue weighted by Gasteiger charge is 2.28. The first-order valence-corrected chi connectivity index (χ1v) is 10.6. The Morgan fingerprint density at radius 3 is 2.33 bits per heavy atom. The maximum absolute atomic E-state index is 13.0. The molecule has 27 heavy (non-hydrogen) atoms. The number of nitrogens with one attached hydrogen (secondary N) is 1. The molecule has 0 bridgehead atoms. The van der Waals surface area contributed by atoms with Crippen LogP contribution in [0.15, 0.2) is 59.5 Å². The van der Waals surface area contributed by atoms with Crippen LogP contribution in [0.1, 0.15) is 36.4 Å². The Morgan fingerprint density at radius 2 is 1.63 bits per heavy atom. The number of amides is 1. The van der Waals surface area contributed by atoms with Gasteiger partial charge in [0.1, 0.15) is 6.04 Å². The molecule has 144 valence electrons. The molecule has 0 radical (unpaired) electrons. The van der Waals surface area contributed by atoms with Crippen LogP contribution in [-0.2, 0) is 21.4 Å². The maximum Gasteiger partial charge on any atom is 0.243 e. The number of nitrogens with two attached hydrogens (primary N) is 1. The number of rotatable bonds is 6. The van der Waals surface area contributed by atoms with Gasteiger partial charge in [-0.3, -0.25) is 4.79 Å². The SMILES string of the molecule is NC(C(=O)NCc1ccccc1S(=O)(=O)N1CCCCC1)c1ccccc1. The molecule has 1 atom stereocenters. The molecule has 1 amide bonds. The Morgan fingerprint density at radius 1 is 1.00 bits per heavy atom. The van der Waals surface area contributed by atoms with Gasteiger partial charge in [0.25, 0.3) is 0 Å². The third kappa shape index (κ3) is 4.55. The van der Waals surface area contributed by atoms with Crippen LogP contribution in [0.3, 0.4) is 0 Å². The minimum absolute atomic E-state index is 0.114. The molecule has 3 rings (SSSR count). The van der Waals surface area contributed by atoms with E-state index < -0.39 is 16.1 Å². The molecule has 1 heterocycles. The molecule has 0 aromatic heterocycles. The van der Waals surface area contributed by atoms with Crippen molar-refractivity contribution in [3.8, 4) is 0 Å². The minimum atomic E-state index is -3.56. The van der Waals surface area contributed by atoms with Gasteiger partial charge >= 0.3 is 0 Å². The fraction of sp³-hybridized carbons (Fsp3) is 0.350. The van der Waals surface area contributed by atoms with Crippen molar-refractivity contribution in [3.05, 3.63) is 65.7 Å². The predicted octanol–water partition coefficient (Wildman–Crippen LogP) is 2.18. The summed E-state index contributed by atoms with van der Waals surface area (Å²) in [7, 11) is -3.56. The zero-order valence-corrected chi connectivity index (χ0v) is 16.0. The van der Waals surface area contributed by atoms with E-state index in [0.29, 0.717) is 24.2 Å². The fourth-order valence-electron chi connectivity index (χ4n) is 3.25. The van der Waals surface area contributed by atoms with Crippen LogP contribution in [0.5, 0.6) is 0 Å². The van der Waals surface area contributed by atoms with Crippen molar-refractivity contribution in [2.45, 2.75) is 36.7 Å². The van der Waals surface area contributed by atoms with Gasteiger partial charge in [-0.25, -0.2) is 8.42 Å². The number of nitrogens with zero attached hydrogens (tertiary/aromatic N) is 1. The summed E-state index contributed by atoms with van der Waals surface area (Å²) in [5.74, 6) is -0.341. The van der Waals surface area contributed by atoms with Crippen LogP contribution in [0.4, 0.5) is 0 Å². The van der Waals surface area contributed by atoms with E-state index in [9.17, 15) is 13.2 Å². The lowest BCUT2D eigenvalue weighted by atomic mass is 10.1. The van der Waals surface area contributed by atoms with E-state index in [1.807, 2.05) is 18.2 Å². The Labute approximate surface area is 160 Å². The molecule has 0 spiro atoms. The van der Waals surface area contributed by atoms with Crippen molar-refractivity contribution >= 4 is 15.9 Å². The quantitative estimate of drug-likeness (QED) is 0.795. The maximum atomic E-state index is 13.0. The van der Waals surface area contributed by atoms with E-state index in [0.717, 1.165) is 19.3 Å². The summed E-state index contributed by atoms with van der Waals surface area (Å²) in [6.45, 7) is 1.20. The van der Waals surface area contributed by atoms with Crippen molar-refractivity contribution in [2.75, 3.05) is 13.1 Å². The van der Waals surface area contributed by atoms with Gasteiger partial charge in [-0.1, -0.05) is 55.0 Å². The van der Waals surface area contributed by atoms with Gasteiger partial charge in [0.2, 0.25) is 15.9 Å². The molecule has 6 nitrogen and oxygen atoms in total. The molecule has 1 fully saturated rings. The van der Waals surface area contributed by atoms with Crippen LogP contribution in [0.25, 0.3) is 0 Å². The molecule has 2 aromatic rings. The number of benzene rings is 2. The molecule has 1 saturated heterocycles. The highest BCUT2D eigenvalue weighted by molar-refractivity contribution is 7.89. The number of hydrogen-bond donors (Lipinski definition) is 2. The van der Waals surface area contributed by atoms with Crippen LogP contribution < -0.4 is 11.1 Å². The van der Waals surface area contributed by atoms with Crippen molar-refractivity contribution in [1.29, 1.82) is 0 Å². The van der Waals surface area contributed by atoms with Gasteiger partial charge in [-0.2, -0.15) is 4.31 Å². The molecule has 0 aliphatic carbocycles. The molecular weight excluding hydrogens is 362 g/mol. The van der Waals surface area contributed by atoms with E-state index in [-0.39, 0.29) is 17.3 Å². The zero-order chi connectivity index (χ0) is 19.3. The summed E-state index contributed by atoms with van der Waals surface area (Å²) < 4.78 is 27.5. The second-order valence-corrected chi connectivity index (χ2v) is 8.58. The summed E-state index contributed by atoms with van der Waals surface area (Å²) in [5, 5.41) is 2.77. The summed E-state index contributed by atoms with van der Waals surface area (Å²) in [6, 6.07) is 15.1. The smallest absolute Gasteiger partial charge is 0.243 e. The average Bonchev–Trinajstić information content (AvgIpc) is 2.73. The highest BCUT2D eigenvalue weighted by atomic mass is 32.2. The molecule has 7 heteroatoms. The standard InChI is InChI=1S/C20H25N3O3S/c21-19(16-9-3-1-4-10-16)20(24)22-15-17-11-5-6-12-18(17)27(25,26)23-13-7-2-8-14-23/h1,3-6,9-12,19H,2,7-8,13-15,21H2,(H,22,24). The largest absolute Gasteiger partial charge is 0.350 e. The van der Waals surface area contributed by atoms with Crippen molar-refractivity contribution in [3.63, 3.8) is 0 Å². The summed E-state index contributed by atoms with van der Waals surface area (Å²) >= 11 is 0. The van der Waals surface area contributed by atoms with E-state index in [1.54, 1.807) is 36.4 Å². The molecule has 3 N–H and O–H groups in total. The highest BCUT2D eigenvalue weighted by Crippen LogP contribution is 2.23. The average molecular weight is 388 g/mol. The first-order valence-electron chi connectivity index (χ1n) is 9.16. The number of sulfonamides is 1. The van der Waals surface area contributed by atoms with E-state index in [2.05, 4.69) is 5.32 Å². The summed E-state index contributed by atoms with van der Waals surface area (Å²) in [4.78, 5) is 12.6. The third-order valence-electron chi connectivity index (χ3n) is 4.80. The normalized spacial score (nSPS) is 16.6. The van der Waals surface area contributed by atoms with Crippen LogP contribution >= 0.6 is 0 Å². The van der Waals surface area contributed by atoms with Gasteiger partial charge < -0.3 is 11.1 Å². The predicted molar refractivity (Wildman–Crippen MR) is 104 cm³/mol. The van der Waals surface area contributed by atoms with Crippen LogP contribution in [0, 0.1) is 0 Å². The topological polar surface area (TPSA) is 92.5 Å². The third-order valence-corrected chi connectivity index (χ3v) is 6.80. The minimum Gasteiger partial charge on any atom is -0.350 e. The van der Waals surface area contributed by atoms with Gasteiger partial charge in [-0.15, -0.1) is 0 Å². The Balaban J connectivity index is 1.73. The number of carbonyl (C=O) groups is 1. The first kappa shape index (κ1) is 19.5. The van der Waals surface area contributed by atoms with Gasteiger partial charge in [-0.05, 0) is 30.0 Å².